The number of alkyl halides is 3. The number of rotatable bonds is 5. The first-order valence-electron chi connectivity index (χ1n) is 8.25. The van der Waals surface area contributed by atoms with Gasteiger partial charge in [0.15, 0.2) is 5.96 Å². The van der Waals surface area contributed by atoms with Gasteiger partial charge in [-0.15, -0.1) is 24.0 Å². The van der Waals surface area contributed by atoms with Crippen molar-refractivity contribution in [2.45, 2.75) is 43.7 Å². The van der Waals surface area contributed by atoms with Gasteiger partial charge in [-0.05, 0) is 31.4 Å². The van der Waals surface area contributed by atoms with Crippen LogP contribution in [0, 0.1) is 0 Å². The van der Waals surface area contributed by atoms with Crippen molar-refractivity contribution in [1.29, 1.82) is 0 Å². The van der Waals surface area contributed by atoms with Crippen molar-refractivity contribution in [3.8, 4) is 5.88 Å². The quantitative estimate of drug-likeness (QED) is 0.290. The Hall–Kier alpha value is -1.30. The molecule has 0 radical (unpaired) electrons. The van der Waals surface area contributed by atoms with Crippen LogP contribution in [0.4, 0.5) is 13.2 Å². The van der Waals surface area contributed by atoms with Gasteiger partial charge in [0.05, 0.1) is 24.8 Å². The van der Waals surface area contributed by atoms with Crippen LogP contribution in [0.25, 0.3) is 0 Å². The number of aliphatic imine (C=N–C) groups is 1. The number of aromatic nitrogens is 1. The maximum absolute atomic E-state index is 12.9. The molecule has 2 aliphatic rings. The van der Waals surface area contributed by atoms with Gasteiger partial charge in [0.25, 0.3) is 0 Å². The van der Waals surface area contributed by atoms with Crippen LogP contribution < -0.4 is 15.4 Å². The highest BCUT2D eigenvalue weighted by atomic mass is 127. The zero-order valence-corrected chi connectivity index (χ0v) is 16.6. The van der Waals surface area contributed by atoms with E-state index < -0.39 is 17.6 Å². The third-order valence-corrected chi connectivity index (χ3v) is 4.36. The first kappa shape index (κ1) is 21.0. The van der Waals surface area contributed by atoms with E-state index in [1.807, 2.05) is 0 Å². The summed E-state index contributed by atoms with van der Waals surface area (Å²) in [6, 6.07) is 2.40. The minimum Gasteiger partial charge on any atom is -0.475 e. The van der Waals surface area contributed by atoms with E-state index in [9.17, 15) is 13.2 Å². The van der Waals surface area contributed by atoms with Gasteiger partial charge in [0.2, 0.25) is 5.88 Å². The topological polar surface area (TPSA) is 67.8 Å². The van der Waals surface area contributed by atoms with E-state index in [0.29, 0.717) is 18.6 Å². The molecule has 2 bridgehead atoms. The summed E-state index contributed by atoms with van der Waals surface area (Å²) in [6.07, 6.45) is 0.419. The molecule has 3 atom stereocenters. The number of pyridine rings is 1. The third kappa shape index (κ3) is 5.12. The maximum atomic E-state index is 12.9. The molecule has 146 valence electrons. The normalized spacial score (nSPS) is 24.9. The van der Waals surface area contributed by atoms with Crippen molar-refractivity contribution >= 4 is 29.9 Å². The first-order chi connectivity index (χ1) is 12.0. The standard InChI is InChI=1S/C16H21F3N4O2.HI/c1-20-15(23-12-9-10-4-5-13(12)25-10)22-7-8-24-14-11(16(17,18)19)3-2-6-21-14;/h2-3,6,10,12-13H,4-5,7-9H2,1H3,(H2,20,22,23);1H. The molecule has 26 heavy (non-hydrogen) atoms. The lowest BCUT2D eigenvalue weighted by atomic mass is 9.96. The molecule has 2 saturated heterocycles. The SMILES string of the molecule is CN=C(NCCOc1ncccc1C(F)(F)F)NC1CC2CCC1O2.I. The van der Waals surface area contributed by atoms with Crippen molar-refractivity contribution in [3.63, 3.8) is 0 Å². The van der Waals surface area contributed by atoms with Gasteiger partial charge >= 0.3 is 6.18 Å². The molecule has 10 heteroatoms. The number of fused-ring (bicyclic) bond motifs is 2. The molecule has 0 saturated carbocycles. The van der Waals surface area contributed by atoms with E-state index in [4.69, 9.17) is 9.47 Å². The summed E-state index contributed by atoms with van der Waals surface area (Å²) < 4.78 is 49.5. The molecular weight excluding hydrogens is 464 g/mol. The van der Waals surface area contributed by atoms with Crippen LogP contribution in [-0.2, 0) is 10.9 Å². The van der Waals surface area contributed by atoms with Crippen LogP contribution in [0.15, 0.2) is 23.3 Å². The Morgan fingerprint density at radius 1 is 1.42 bits per heavy atom. The van der Waals surface area contributed by atoms with Crippen molar-refractivity contribution in [2.24, 2.45) is 4.99 Å². The molecule has 2 N–H and O–H groups in total. The average Bonchev–Trinajstić information content (AvgIpc) is 3.20. The van der Waals surface area contributed by atoms with E-state index >= 15 is 0 Å². The second-order valence-corrected chi connectivity index (χ2v) is 6.06. The zero-order valence-electron chi connectivity index (χ0n) is 14.3. The Labute approximate surface area is 167 Å². The fourth-order valence-corrected chi connectivity index (χ4v) is 3.20. The third-order valence-electron chi connectivity index (χ3n) is 4.36. The van der Waals surface area contributed by atoms with Crippen molar-refractivity contribution in [2.75, 3.05) is 20.2 Å². The van der Waals surface area contributed by atoms with Crippen LogP contribution >= 0.6 is 24.0 Å². The number of halogens is 4. The van der Waals surface area contributed by atoms with Crippen molar-refractivity contribution in [1.82, 2.24) is 15.6 Å². The number of ether oxygens (including phenoxy) is 2. The highest BCUT2D eigenvalue weighted by Crippen LogP contribution is 2.35. The Bertz CT molecular complexity index is 630. The lowest BCUT2D eigenvalue weighted by Crippen LogP contribution is -2.48. The summed E-state index contributed by atoms with van der Waals surface area (Å²) in [5.41, 5.74) is -0.878. The summed E-state index contributed by atoms with van der Waals surface area (Å²) in [4.78, 5) is 7.78. The molecule has 6 nitrogen and oxygen atoms in total. The van der Waals surface area contributed by atoms with Gasteiger partial charge in [0, 0.05) is 13.2 Å². The molecule has 3 unspecified atom stereocenters. The summed E-state index contributed by atoms with van der Waals surface area (Å²) in [5, 5.41) is 6.33. The van der Waals surface area contributed by atoms with Gasteiger partial charge in [-0.3, -0.25) is 4.99 Å². The first-order valence-corrected chi connectivity index (χ1v) is 8.25. The average molecular weight is 486 g/mol. The van der Waals surface area contributed by atoms with E-state index in [0.717, 1.165) is 25.3 Å². The minimum absolute atomic E-state index is 0. The molecule has 0 spiro atoms. The van der Waals surface area contributed by atoms with Crippen LogP contribution in [0.5, 0.6) is 5.88 Å². The second kappa shape index (κ2) is 9.07. The van der Waals surface area contributed by atoms with E-state index in [2.05, 4.69) is 20.6 Å². The fourth-order valence-electron chi connectivity index (χ4n) is 3.20. The molecule has 2 fully saturated rings. The number of hydrogen-bond acceptors (Lipinski definition) is 4. The Balaban J connectivity index is 0.00000243. The molecule has 0 amide bonds. The van der Waals surface area contributed by atoms with Crippen molar-refractivity contribution in [3.05, 3.63) is 23.9 Å². The van der Waals surface area contributed by atoms with Crippen LogP contribution in [-0.4, -0.2) is 49.4 Å². The van der Waals surface area contributed by atoms with Crippen LogP contribution in [0.3, 0.4) is 0 Å². The number of hydrogen-bond donors (Lipinski definition) is 2. The van der Waals surface area contributed by atoms with Crippen LogP contribution in [0.2, 0.25) is 0 Å². The lowest BCUT2D eigenvalue weighted by Gasteiger charge is -2.22. The molecule has 3 rings (SSSR count). The highest BCUT2D eigenvalue weighted by molar-refractivity contribution is 14.0. The zero-order chi connectivity index (χ0) is 17.9. The molecule has 0 aromatic carbocycles. The minimum atomic E-state index is -4.49. The smallest absolute Gasteiger partial charge is 0.421 e. The maximum Gasteiger partial charge on any atom is 0.421 e. The monoisotopic (exact) mass is 486 g/mol. The number of nitrogens with one attached hydrogen (secondary N) is 2. The largest absolute Gasteiger partial charge is 0.475 e. The van der Waals surface area contributed by atoms with Gasteiger partial charge in [0.1, 0.15) is 12.2 Å². The summed E-state index contributed by atoms with van der Waals surface area (Å²) >= 11 is 0. The van der Waals surface area contributed by atoms with Crippen LogP contribution in [0.1, 0.15) is 24.8 Å². The van der Waals surface area contributed by atoms with Crippen molar-refractivity contribution < 1.29 is 22.6 Å². The predicted molar refractivity (Wildman–Crippen MR) is 101 cm³/mol. The van der Waals surface area contributed by atoms with E-state index in [-0.39, 0.29) is 42.7 Å². The van der Waals surface area contributed by atoms with Gasteiger partial charge < -0.3 is 20.1 Å². The second-order valence-electron chi connectivity index (χ2n) is 6.06. The molecular formula is C16H22F3IN4O2. The molecule has 1 aromatic heterocycles. The van der Waals surface area contributed by atoms with Gasteiger partial charge in [-0.2, -0.15) is 13.2 Å². The summed E-state index contributed by atoms with van der Waals surface area (Å²) in [5.74, 6) is 0.170. The number of guanidine groups is 1. The summed E-state index contributed by atoms with van der Waals surface area (Å²) in [7, 11) is 1.64. The highest BCUT2D eigenvalue weighted by Gasteiger charge is 2.41. The molecule has 0 aliphatic carbocycles. The Kier molecular flexibility index (Phi) is 7.33. The predicted octanol–water partition coefficient (Wildman–Crippen LogP) is 2.58. The Morgan fingerprint density at radius 3 is 2.85 bits per heavy atom. The molecule has 1 aromatic rings. The number of nitrogens with zero attached hydrogens (tertiary/aromatic N) is 2. The fraction of sp³-hybridized carbons (Fsp3) is 0.625. The summed E-state index contributed by atoms with van der Waals surface area (Å²) in [6.45, 7) is 0.337. The van der Waals surface area contributed by atoms with Gasteiger partial charge in [-0.25, -0.2) is 4.98 Å². The van der Waals surface area contributed by atoms with Gasteiger partial charge in [-0.1, -0.05) is 0 Å². The van der Waals surface area contributed by atoms with E-state index in [1.165, 1.54) is 12.3 Å². The Morgan fingerprint density at radius 2 is 2.23 bits per heavy atom. The van der Waals surface area contributed by atoms with E-state index in [1.54, 1.807) is 7.05 Å². The molecule has 3 heterocycles. The molecule has 2 aliphatic heterocycles. The lowest BCUT2D eigenvalue weighted by molar-refractivity contribution is -0.139.